The maximum atomic E-state index is 12.2. The van der Waals surface area contributed by atoms with Crippen LogP contribution in [0.3, 0.4) is 0 Å². The van der Waals surface area contributed by atoms with Gasteiger partial charge in [-0.3, -0.25) is 4.79 Å². The predicted molar refractivity (Wildman–Crippen MR) is 112 cm³/mol. The highest BCUT2D eigenvalue weighted by Crippen LogP contribution is 2.33. The number of anilines is 1. The summed E-state index contributed by atoms with van der Waals surface area (Å²) in [5.41, 5.74) is 1.62. The van der Waals surface area contributed by atoms with Crippen molar-refractivity contribution >= 4 is 34.3 Å². The molecule has 9 heteroatoms. The van der Waals surface area contributed by atoms with Crippen LogP contribution in [-0.4, -0.2) is 31.1 Å². The van der Waals surface area contributed by atoms with Gasteiger partial charge in [-0.1, -0.05) is 30.3 Å². The molecule has 1 aromatic carbocycles. The van der Waals surface area contributed by atoms with Crippen molar-refractivity contribution in [2.24, 2.45) is 0 Å². The molecule has 0 unspecified atom stereocenters. The van der Waals surface area contributed by atoms with Crippen molar-refractivity contribution in [2.75, 3.05) is 18.5 Å². The topological polar surface area (TPSA) is 118 Å². The van der Waals surface area contributed by atoms with Gasteiger partial charge in [0, 0.05) is 13.0 Å². The third kappa shape index (κ3) is 6.60. The van der Waals surface area contributed by atoms with E-state index in [-0.39, 0.29) is 37.6 Å². The van der Waals surface area contributed by atoms with Crippen molar-refractivity contribution < 1.29 is 23.9 Å². The van der Waals surface area contributed by atoms with E-state index in [1.807, 2.05) is 36.4 Å². The van der Waals surface area contributed by atoms with E-state index >= 15 is 0 Å². The normalized spacial score (nSPS) is 10.0. The Kier molecular flexibility index (Phi) is 8.84. The second-order valence-electron chi connectivity index (χ2n) is 6.23. The Balaban J connectivity index is 1.77. The number of amides is 2. The number of alkyl carbamates (subject to hydrolysis) is 1. The molecular weight excluding hydrogens is 406 g/mol. The molecule has 0 aliphatic heterocycles. The number of rotatable bonds is 9. The number of hydrogen-bond acceptors (Lipinski definition) is 7. The first kappa shape index (κ1) is 22.9. The second-order valence-corrected chi connectivity index (χ2v) is 7.25. The van der Waals surface area contributed by atoms with Crippen LogP contribution in [0.5, 0.6) is 0 Å². The monoisotopic (exact) mass is 429 g/mol. The summed E-state index contributed by atoms with van der Waals surface area (Å²) in [4.78, 5) is 36.1. The van der Waals surface area contributed by atoms with Gasteiger partial charge in [0.25, 0.3) is 0 Å². The van der Waals surface area contributed by atoms with E-state index in [0.717, 1.165) is 16.9 Å². The number of nitrogens with zero attached hydrogens (tertiary/aromatic N) is 1. The van der Waals surface area contributed by atoms with Crippen LogP contribution in [0.4, 0.5) is 9.80 Å². The van der Waals surface area contributed by atoms with Crippen LogP contribution in [0.25, 0.3) is 0 Å². The number of benzene rings is 1. The summed E-state index contributed by atoms with van der Waals surface area (Å²) < 4.78 is 10.1. The van der Waals surface area contributed by atoms with Crippen LogP contribution in [0.2, 0.25) is 0 Å². The standard InChI is InChI=1S/C21H23N3O5S/c1-3-28-20(26)18-14(2)16(12-22)19(30-18)24-17(25)10-7-11-23-21(27)29-13-15-8-5-4-6-9-15/h4-6,8-9H,3,7,10-11,13H2,1-2H3,(H,23,27)(H,24,25). The van der Waals surface area contributed by atoms with Crippen LogP contribution < -0.4 is 10.6 Å². The number of ether oxygens (including phenoxy) is 2. The lowest BCUT2D eigenvalue weighted by molar-refractivity contribution is -0.116. The van der Waals surface area contributed by atoms with E-state index in [4.69, 9.17) is 9.47 Å². The average molecular weight is 429 g/mol. The van der Waals surface area contributed by atoms with Crippen molar-refractivity contribution in [3.05, 3.63) is 51.9 Å². The van der Waals surface area contributed by atoms with Crippen molar-refractivity contribution in [2.45, 2.75) is 33.3 Å². The molecule has 2 aromatic rings. The lowest BCUT2D eigenvalue weighted by atomic mass is 10.1. The van der Waals surface area contributed by atoms with Gasteiger partial charge in [-0.25, -0.2) is 9.59 Å². The van der Waals surface area contributed by atoms with Gasteiger partial charge in [0.1, 0.15) is 22.6 Å². The summed E-state index contributed by atoms with van der Waals surface area (Å²) in [6.07, 6.45) is -0.0299. The molecule has 0 radical (unpaired) electrons. The smallest absolute Gasteiger partial charge is 0.407 e. The highest BCUT2D eigenvalue weighted by atomic mass is 32.1. The maximum Gasteiger partial charge on any atom is 0.407 e. The first-order valence-electron chi connectivity index (χ1n) is 9.41. The molecule has 0 spiro atoms. The molecule has 2 N–H and O–H groups in total. The molecular formula is C21H23N3O5S. The highest BCUT2D eigenvalue weighted by molar-refractivity contribution is 7.18. The molecule has 0 atom stereocenters. The van der Waals surface area contributed by atoms with E-state index in [9.17, 15) is 19.6 Å². The SMILES string of the molecule is CCOC(=O)c1sc(NC(=O)CCCNC(=O)OCc2ccccc2)c(C#N)c1C. The van der Waals surface area contributed by atoms with Gasteiger partial charge < -0.3 is 20.1 Å². The summed E-state index contributed by atoms with van der Waals surface area (Å²) >= 11 is 1.02. The molecule has 8 nitrogen and oxygen atoms in total. The van der Waals surface area contributed by atoms with Gasteiger partial charge in [0.05, 0.1) is 12.2 Å². The molecule has 2 rings (SSSR count). The van der Waals surface area contributed by atoms with Crippen molar-refractivity contribution in [3.8, 4) is 6.07 Å². The first-order valence-corrected chi connectivity index (χ1v) is 10.2. The molecule has 0 aliphatic rings. The van der Waals surface area contributed by atoms with Gasteiger partial charge in [0.2, 0.25) is 5.91 Å². The Morgan fingerprint density at radius 1 is 1.17 bits per heavy atom. The summed E-state index contributed by atoms with van der Waals surface area (Å²) in [5, 5.41) is 14.9. The number of carbonyl (C=O) groups is 3. The number of carbonyl (C=O) groups excluding carboxylic acids is 3. The summed E-state index contributed by atoms with van der Waals surface area (Å²) in [6.45, 7) is 4.00. The van der Waals surface area contributed by atoms with Crippen molar-refractivity contribution in [1.29, 1.82) is 5.26 Å². The van der Waals surface area contributed by atoms with Gasteiger partial charge in [-0.15, -0.1) is 11.3 Å². The zero-order valence-corrected chi connectivity index (χ0v) is 17.6. The molecule has 0 fully saturated rings. The maximum absolute atomic E-state index is 12.2. The third-order valence-electron chi connectivity index (χ3n) is 4.04. The highest BCUT2D eigenvalue weighted by Gasteiger charge is 2.22. The Morgan fingerprint density at radius 2 is 1.90 bits per heavy atom. The minimum absolute atomic E-state index is 0.134. The molecule has 158 valence electrons. The fourth-order valence-electron chi connectivity index (χ4n) is 2.53. The molecule has 1 heterocycles. The molecule has 2 amide bonds. The summed E-state index contributed by atoms with van der Waals surface area (Å²) in [6, 6.07) is 11.3. The quantitative estimate of drug-likeness (QED) is 0.463. The molecule has 0 aliphatic carbocycles. The fraction of sp³-hybridized carbons (Fsp3) is 0.333. The number of nitrogens with one attached hydrogen (secondary N) is 2. The van der Waals surface area contributed by atoms with Crippen LogP contribution >= 0.6 is 11.3 Å². The Hall–Kier alpha value is -3.38. The summed E-state index contributed by atoms with van der Waals surface area (Å²) in [5.74, 6) is -0.835. The van der Waals surface area contributed by atoms with Gasteiger partial charge in [-0.2, -0.15) is 5.26 Å². The average Bonchev–Trinajstić information content (AvgIpc) is 3.05. The zero-order valence-electron chi connectivity index (χ0n) is 16.8. The third-order valence-corrected chi connectivity index (χ3v) is 5.22. The first-order chi connectivity index (χ1) is 14.5. The zero-order chi connectivity index (χ0) is 21.9. The second kappa shape index (κ2) is 11.6. The van der Waals surface area contributed by atoms with Crippen LogP contribution in [0, 0.1) is 18.3 Å². The molecule has 0 saturated carbocycles. The van der Waals surface area contributed by atoms with Gasteiger partial charge in [0.15, 0.2) is 0 Å². The van der Waals surface area contributed by atoms with Crippen molar-refractivity contribution in [1.82, 2.24) is 5.32 Å². The molecule has 0 bridgehead atoms. The lowest BCUT2D eigenvalue weighted by Gasteiger charge is -2.07. The number of thiophene rings is 1. The van der Waals surface area contributed by atoms with E-state index < -0.39 is 12.1 Å². The fourth-order valence-corrected chi connectivity index (χ4v) is 3.60. The molecule has 30 heavy (non-hydrogen) atoms. The Morgan fingerprint density at radius 3 is 2.57 bits per heavy atom. The van der Waals surface area contributed by atoms with E-state index in [1.165, 1.54) is 0 Å². The van der Waals surface area contributed by atoms with Crippen molar-refractivity contribution in [3.63, 3.8) is 0 Å². The Labute approximate surface area is 178 Å². The molecule has 1 aromatic heterocycles. The van der Waals surface area contributed by atoms with E-state index in [2.05, 4.69) is 10.6 Å². The number of nitriles is 1. The number of esters is 1. The molecule has 0 saturated heterocycles. The predicted octanol–water partition coefficient (Wildman–Crippen LogP) is 3.75. The van der Waals surface area contributed by atoms with E-state index in [0.29, 0.717) is 21.9 Å². The largest absolute Gasteiger partial charge is 0.462 e. The minimum atomic E-state index is -0.556. The van der Waals surface area contributed by atoms with Crippen LogP contribution in [-0.2, 0) is 20.9 Å². The Bertz CT molecular complexity index is 934. The van der Waals surface area contributed by atoms with E-state index in [1.54, 1.807) is 13.8 Å². The minimum Gasteiger partial charge on any atom is -0.462 e. The van der Waals surface area contributed by atoms with Crippen LogP contribution in [0.15, 0.2) is 30.3 Å². The summed E-state index contributed by atoms with van der Waals surface area (Å²) in [7, 11) is 0. The van der Waals surface area contributed by atoms with Crippen LogP contribution in [0.1, 0.15) is 46.1 Å². The van der Waals surface area contributed by atoms with Gasteiger partial charge in [-0.05, 0) is 31.4 Å². The lowest BCUT2D eigenvalue weighted by Crippen LogP contribution is -2.26. The van der Waals surface area contributed by atoms with Gasteiger partial charge >= 0.3 is 12.1 Å². The number of hydrogen-bond donors (Lipinski definition) is 2.